The molecule has 4 rings (SSSR count). The normalized spacial score (nSPS) is 16.4. The lowest BCUT2D eigenvalue weighted by Gasteiger charge is -2.33. The molecule has 190 valence electrons. The number of aromatic nitrogens is 3. The van der Waals surface area contributed by atoms with Gasteiger partial charge in [-0.1, -0.05) is 23.7 Å². The zero-order valence-electron chi connectivity index (χ0n) is 19.8. The number of benzene rings is 1. The van der Waals surface area contributed by atoms with Crippen LogP contribution in [0.2, 0.25) is 5.02 Å². The molecule has 1 aromatic carbocycles. The molecule has 2 heterocycles. The van der Waals surface area contributed by atoms with Gasteiger partial charge in [0.2, 0.25) is 11.8 Å². The number of aryl methyl sites for hydroxylation is 1. The molecular weight excluding hydrogens is 492 g/mol. The monoisotopic (exact) mass is 517 g/mol. The molecule has 3 aromatic rings. The molecule has 2 amide bonds. The second-order valence-corrected chi connectivity index (χ2v) is 9.47. The Morgan fingerprint density at radius 2 is 1.89 bits per heavy atom. The van der Waals surface area contributed by atoms with Crippen LogP contribution in [0.4, 0.5) is 14.5 Å². The molecule has 0 spiro atoms. The molecule has 1 aliphatic rings. The van der Waals surface area contributed by atoms with E-state index in [1.807, 2.05) is 0 Å². The van der Waals surface area contributed by atoms with Crippen LogP contribution in [0.25, 0.3) is 11.1 Å². The molecule has 11 heteroatoms. The van der Waals surface area contributed by atoms with Gasteiger partial charge in [0.25, 0.3) is 5.91 Å². The van der Waals surface area contributed by atoms with E-state index in [0.717, 1.165) is 5.56 Å². The van der Waals surface area contributed by atoms with Crippen molar-refractivity contribution in [3.05, 3.63) is 70.4 Å². The lowest BCUT2D eigenvalue weighted by molar-refractivity contribution is -0.611. The van der Waals surface area contributed by atoms with Crippen molar-refractivity contribution in [2.24, 2.45) is 13.0 Å². The van der Waals surface area contributed by atoms with Gasteiger partial charge in [0.15, 0.2) is 11.9 Å². The molecular formula is C25H26ClF2N5O3. The van der Waals surface area contributed by atoms with Gasteiger partial charge >= 0.3 is 0 Å². The van der Waals surface area contributed by atoms with Crippen LogP contribution in [0, 0.1) is 18.0 Å². The molecule has 1 aliphatic carbocycles. The summed E-state index contributed by atoms with van der Waals surface area (Å²) in [5.41, 5.74) is 2.57. The summed E-state index contributed by atoms with van der Waals surface area (Å²) in [6, 6.07) is 8.99. The van der Waals surface area contributed by atoms with E-state index >= 15 is 0 Å². The van der Waals surface area contributed by atoms with Crippen molar-refractivity contribution in [2.75, 3.05) is 5.32 Å². The minimum atomic E-state index is -2.76. The third kappa shape index (κ3) is 5.64. The number of halogens is 3. The quantitative estimate of drug-likeness (QED) is 0.377. The summed E-state index contributed by atoms with van der Waals surface area (Å²) < 4.78 is 29.6. The molecule has 1 fully saturated rings. The SMILES string of the molecule is Cc1c(-c2ccc(NC(=O)[C@@H](NC(=O)c3ccnn3C)C3CCC(F)(F)CC3)cc2)cc(Cl)c[n+]1[O-]. The fraction of sp³-hybridized carbons (Fsp3) is 0.360. The third-order valence-electron chi connectivity index (χ3n) is 6.56. The number of alkyl halides is 2. The zero-order chi connectivity index (χ0) is 26.0. The predicted molar refractivity (Wildman–Crippen MR) is 131 cm³/mol. The molecule has 1 saturated carbocycles. The van der Waals surface area contributed by atoms with Crippen molar-refractivity contribution >= 4 is 29.1 Å². The Morgan fingerprint density at radius 1 is 1.22 bits per heavy atom. The highest BCUT2D eigenvalue weighted by Crippen LogP contribution is 2.38. The highest BCUT2D eigenvalue weighted by molar-refractivity contribution is 6.30. The van der Waals surface area contributed by atoms with Crippen LogP contribution >= 0.6 is 11.6 Å². The predicted octanol–water partition coefficient (Wildman–Crippen LogP) is 4.24. The third-order valence-corrected chi connectivity index (χ3v) is 6.77. The fourth-order valence-corrected chi connectivity index (χ4v) is 4.66. The molecule has 0 aliphatic heterocycles. The number of nitrogens with zero attached hydrogens (tertiary/aromatic N) is 3. The van der Waals surface area contributed by atoms with Crippen LogP contribution in [-0.4, -0.2) is 33.6 Å². The number of carbonyl (C=O) groups is 2. The summed E-state index contributed by atoms with van der Waals surface area (Å²) in [4.78, 5) is 26.1. The minimum Gasteiger partial charge on any atom is -0.618 e. The first-order chi connectivity index (χ1) is 17.0. The van der Waals surface area contributed by atoms with E-state index in [9.17, 15) is 23.6 Å². The van der Waals surface area contributed by atoms with Gasteiger partial charge in [-0.05, 0) is 48.6 Å². The van der Waals surface area contributed by atoms with Crippen LogP contribution in [-0.2, 0) is 11.8 Å². The first-order valence-electron chi connectivity index (χ1n) is 11.5. The fourth-order valence-electron chi connectivity index (χ4n) is 4.46. The van der Waals surface area contributed by atoms with Crippen LogP contribution in [0.1, 0.15) is 41.9 Å². The van der Waals surface area contributed by atoms with E-state index in [-0.39, 0.29) is 31.4 Å². The Morgan fingerprint density at radius 3 is 2.50 bits per heavy atom. The van der Waals surface area contributed by atoms with E-state index in [1.165, 1.54) is 23.1 Å². The summed E-state index contributed by atoms with van der Waals surface area (Å²) >= 11 is 6.02. The molecule has 2 aromatic heterocycles. The zero-order valence-corrected chi connectivity index (χ0v) is 20.6. The minimum absolute atomic E-state index is 0.110. The van der Waals surface area contributed by atoms with Crippen LogP contribution in [0.5, 0.6) is 0 Å². The van der Waals surface area contributed by atoms with E-state index in [1.54, 1.807) is 44.3 Å². The average molecular weight is 518 g/mol. The van der Waals surface area contributed by atoms with Crippen LogP contribution < -0.4 is 15.4 Å². The van der Waals surface area contributed by atoms with Crippen molar-refractivity contribution in [2.45, 2.75) is 44.6 Å². The molecule has 8 nitrogen and oxygen atoms in total. The summed E-state index contributed by atoms with van der Waals surface area (Å²) in [7, 11) is 1.60. The molecule has 0 unspecified atom stereocenters. The molecule has 1 atom stereocenters. The average Bonchev–Trinajstić information content (AvgIpc) is 3.26. The maximum atomic E-state index is 13.8. The number of pyridine rings is 1. The largest absolute Gasteiger partial charge is 0.618 e. The highest BCUT2D eigenvalue weighted by atomic mass is 35.5. The second-order valence-electron chi connectivity index (χ2n) is 9.03. The van der Waals surface area contributed by atoms with E-state index < -0.39 is 29.7 Å². The topological polar surface area (TPSA) is 103 Å². The molecule has 0 saturated heterocycles. The highest BCUT2D eigenvalue weighted by Gasteiger charge is 2.40. The Bertz CT molecular complexity index is 1270. The summed E-state index contributed by atoms with van der Waals surface area (Å²) in [5, 5.41) is 21.8. The first-order valence-corrected chi connectivity index (χ1v) is 11.9. The Hall–Kier alpha value is -3.53. The summed E-state index contributed by atoms with van der Waals surface area (Å²) in [5.74, 6) is -4.21. The van der Waals surface area contributed by atoms with Crippen molar-refractivity contribution in [3.8, 4) is 11.1 Å². The number of carbonyl (C=O) groups excluding carboxylic acids is 2. The number of hydrogen-bond acceptors (Lipinski definition) is 4. The Kier molecular flexibility index (Phi) is 7.26. The summed E-state index contributed by atoms with van der Waals surface area (Å²) in [6.45, 7) is 1.68. The van der Waals surface area contributed by atoms with Gasteiger partial charge in [-0.3, -0.25) is 14.3 Å². The first kappa shape index (κ1) is 25.6. The van der Waals surface area contributed by atoms with Gasteiger partial charge in [-0.25, -0.2) is 8.78 Å². The Labute approximate surface area is 211 Å². The van der Waals surface area contributed by atoms with E-state index in [2.05, 4.69) is 15.7 Å². The van der Waals surface area contributed by atoms with Gasteiger partial charge in [0.05, 0.1) is 5.56 Å². The number of amides is 2. The van der Waals surface area contributed by atoms with Gasteiger partial charge < -0.3 is 15.8 Å². The van der Waals surface area contributed by atoms with Crippen molar-refractivity contribution in [1.82, 2.24) is 15.1 Å². The molecule has 2 N–H and O–H groups in total. The van der Waals surface area contributed by atoms with Gasteiger partial charge in [-0.2, -0.15) is 9.83 Å². The number of rotatable bonds is 6. The Balaban J connectivity index is 1.53. The maximum absolute atomic E-state index is 13.8. The smallest absolute Gasteiger partial charge is 0.270 e. The van der Waals surface area contributed by atoms with Gasteiger partial charge in [-0.15, -0.1) is 0 Å². The van der Waals surface area contributed by atoms with E-state index in [4.69, 9.17) is 11.6 Å². The van der Waals surface area contributed by atoms with Crippen molar-refractivity contribution in [1.29, 1.82) is 0 Å². The maximum Gasteiger partial charge on any atom is 0.270 e. The second kappa shape index (κ2) is 10.2. The lowest BCUT2D eigenvalue weighted by atomic mass is 9.81. The number of nitrogens with one attached hydrogen (secondary N) is 2. The van der Waals surface area contributed by atoms with Crippen LogP contribution in [0.15, 0.2) is 48.8 Å². The summed E-state index contributed by atoms with van der Waals surface area (Å²) in [6.07, 6.45) is 2.28. The number of anilines is 1. The standard InChI is InChI=1S/C25H26ClF2N5O3/c1-15-20(13-18(26)14-33(15)36)16-3-5-19(6-4-16)30-24(35)22(17-7-10-25(27,28)11-8-17)31-23(34)21-9-12-29-32(21)2/h3-6,9,12-14,17,22H,7-8,10-11H2,1-2H3,(H,30,35)(H,31,34)/t22-/m0/s1. The molecule has 36 heavy (non-hydrogen) atoms. The van der Waals surface area contributed by atoms with Gasteiger partial charge in [0, 0.05) is 38.7 Å². The number of hydrogen-bond donors (Lipinski definition) is 2. The molecule has 0 bridgehead atoms. The molecule has 0 radical (unpaired) electrons. The van der Waals surface area contributed by atoms with Crippen molar-refractivity contribution in [3.63, 3.8) is 0 Å². The van der Waals surface area contributed by atoms with E-state index in [0.29, 0.717) is 26.7 Å². The van der Waals surface area contributed by atoms with Crippen LogP contribution in [0.3, 0.4) is 0 Å². The van der Waals surface area contributed by atoms with Crippen molar-refractivity contribution < 1.29 is 23.1 Å². The lowest BCUT2D eigenvalue weighted by Crippen LogP contribution is -2.50. The van der Waals surface area contributed by atoms with Gasteiger partial charge in [0.1, 0.15) is 16.8 Å².